The minimum Gasteiger partial charge on any atom is -0.355 e. The minimum atomic E-state index is -4.16. The van der Waals surface area contributed by atoms with Crippen LogP contribution in [0.15, 0.2) is 59.5 Å². The SMILES string of the molecule is O=S(=O)(O)c1ccc2[nH]c(-c3ccccc3)cc2c1.[Na]. The number of fused-ring (bicyclic) bond motifs is 1. The fourth-order valence-corrected chi connectivity index (χ4v) is 2.56. The molecule has 0 bridgehead atoms. The molecular weight excluding hydrogens is 285 g/mol. The molecule has 0 spiro atoms. The summed E-state index contributed by atoms with van der Waals surface area (Å²) in [6.07, 6.45) is 0. The summed E-state index contributed by atoms with van der Waals surface area (Å²) >= 11 is 0. The standard InChI is InChI=1S/C14H11NO3S.Na/c16-19(17,18)12-6-7-13-11(8-12)9-14(15-13)10-4-2-1-3-5-10;/h1-9,15H,(H,16,17,18);. The molecular formula is C14H11NNaO3S. The summed E-state index contributed by atoms with van der Waals surface area (Å²) in [6, 6.07) is 16.1. The maximum Gasteiger partial charge on any atom is 0.294 e. The van der Waals surface area contributed by atoms with Gasteiger partial charge in [0.15, 0.2) is 0 Å². The van der Waals surface area contributed by atoms with Crippen molar-refractivity contribution in [3.63, 3.8) is 0 Å². The van der Waals surface area contributed by atoms with Gasteiger partial charge in [-0.2, -0.15) is 8.42 Å². The predicted octanol–water partition coefficient (Wildman–Crippen LogP) is 2.70. The molecule has 3 rings (SSSR count). The molecule has 4 nitrogen and oxygen atoms in total. The summed E-state index contributed by atoms with van der Waals surface area (Å²) in [6.45, 7) is 0. The molecule has 0 unspecified atom stereocenters. The van der Waals surface area contributed by atoms with Crippen molar-refractivity contribution in [2.75, 3.05) is 0 Å². The molecule has 3 aromatic rings. The summed E-state index contributed by atoms with van der Waals surface area (Å²) < 4.78 is 31.2. The number of hydrogen-bond acceptors (Lipinski definition) is 2. The summed E-state index contributed by atoms with van der Waals surface area (Å²) in [5.74, 6) is 0. The van der Waals surface area contributed by atoms with E-state index in [1.807, 2.05) is 36.4 Å². The Bertz CT molecular complexity index is 841. The third kappa shape index (κ3) is 2.97. The number of rotatable bonds is 2. The van der Waals surface area contributed by atoms with Gasteiger partial charge in [-0.3, -0.25) is 4.55 Å². The summed E-state index contributed by atoms with van der Waals surface area (Å²) in [5, 5.41) is 0.744. The maximum atomic E-state index is 11.1. The Morgan fingerprint density at radius 1 is 0.950 bits per heavy atom. The van der Waals surface area contributed by atoms with E-state index in [-0.39, 0.29) is 34.5 Å². The Labute approximate surface area is 138 Å². The van der Waals surface area contributed by atoms with Crippen molar-refractivity contribution in [3.8, 4) is 11.3 Å². The van der Waals surface area contributed by atoms with Gasteiger partial charge in [-0.05, 0) is 29.8 Å². The van der Waals surface area contributed by atoms with Crippen LogP contribution >= 0.6 is 0 Å². The monoisotopic (exact) mass is 296 g/mol. The molecule has 2 aromatic carbocycles. The van der Waals surface area contributed by atoms with E-state index in [2.05, 4.69) is 4.98 Å². The second-order valence-corrected chi connectivity index (χ2v) is 5.69. The number of aromatic amines is 1. The molecule has 0 aliphatic heterocycles. The van der Waals surface area contributed by atoms with E-state index in [1.54, 1.807) is 6.07 Å². The van der Waals surface area contributed by atoms with E-state index >= 15 is 0 Å². The predicted molar refractivity (Wildman–Crippen MR) is 79.3 cm³/mol. The fraction of sp³-hybridized carbons (Fsp3) is 0. The van der Waals surface area contributed by atoms with Crippen molar-refractivity contribution in [2.45, 2.75) is 4.90 Å². The maximum absolute atomic E-state index is 11.1. The van der Waals surface area contributed by atoms with Gasteiger partial charge in [0.05, 0.1) is 4.90 Å². The number of hydrogen-bond donors (Lipinski definition) is 2. The van der Waals surface area contributed by atoms with Gasteiger partial charge in [0.1, 0.15) is 0 Å². The van der Waals surface area contributed by atoms with Crippen LogP contribution in [0.5, 0.6) is 0 Å². The van der Waals surface area contributed by atoms with Crippen LogP contribution in [0, 0.1) is 0 Å². The Morgan fingerprint density at radius 2 is 1.65 bits per heavy atom. The van der Waals surface area contributed by atoms with Gasteiger partial charge in [-0.1, -0.05) is 30.3 Å². The van der Waals surface area contributed by atoms with Crippen molar-refractivity contribution in [1.29, 1.82) is 0 Å². The number of nitrogens with one attached hydrogen (secondary N) is 1. The molecule has 1 heterocycles. The van der Waals surface area contributed by atoms with E-state index in [0.717, 1.165) is 22.2 Å². The van der Waals surface area contributed by atoms with Gasteiger partial charge in [-0.15, -0.1) is 0 Å². The molecule has 97 valence electrons. The molecule has 0 aliphatic carbocycles. The molecule has 6 heteroatoms. The number of aromatic nitrogens is 1. The average molecular weight is 296 g/mol. The van der Waals surface area contributed by atoms with E-state index in [1.165, 1.54) is 12.1 Å². The summed E-state index contributed by atoms with van der Waals surface area (Å²) in [4.78, 5) is 3.12. The van der Waals surface area contributed by atoms with Gasteiger partial charge in [0.25, 0.3) is 10.1 Å². The minimum absolute atomic E-state index is 0. The largest absolute Gasteiger partial charge is 0.355 e. The molecule has 0 saturated heterocycles. The van der Waals surface area contributed by atoms with Crippen LogP contribution in [-0.2, 0) is 10.1 Å². The van der Waals surface area contributed by atoms with E-state index < -0.39 is 10.1 Å². The van der Waals surface area contributed by atoms with Crippen LogP contribution in [0.3, 0.4) is 0 Å². The quantitative estimate of drug-likeness (QED) is 0.564. The smallest absolute Gasteiger partial charge is 0.294 e. The molecule has 0 saturated carbocycles. The number of H-pyrrole nitrogens is 1. The third-order valence-corrected chi connectivity index (χ3v) is 3.82. The van der Waals surface area contributed by atoms with Crippen LogP contribution in [0.25, 0.3) is 22.2 Å². The Morgan fingerprint density at radius 3 is 2.30 bits per heavy atom. The second-order valence-electron chi connectivity index (χ2n) is 4.27. The zero-order valence-corrected chi connectivity index (χ0v) is 13.7. The first kappa shape index (κ1) is 15.3. The molecule has 0 aliphatic rings. The average Bonchev–Trinajstić information content (AvgIpc) is 2.81. The molecule has 20 heavy (non-hydrogen) atoms. The van der Waals surface area contributed by atoms with Crippen molar-refractivity contribution in [1.82, 2.24) is 4.98 Å². The topological polar surface area (TPSA) is 70.2 Å². The molecule has 0 atom stereocenters. The van der Waals surface area contributed by atoms with Crippen LogP contribution in [0.1, 0.15) is 0 Å². The zero-order valence-electron chi connectivity index (χ0n) is 10.9. The van der Waals surface area contributed by atoms with Gasteiger partial charge in [0, 0.05) is 46.2 Å². The van der Waals surface area contributed by atoms with E-state index in [9.17, 15) is 8.42 Å². The number of benzene rings is 2. The van der Waals surface area contributed by atoms with Crippen molar-refractivity contribution in [3.05, 3.63) is 54.6 Å². The van der Waals surface area contributed by atoms with Crippen molar-refractivity contribution in [2.24, 2.45) is 0 Å². The first-order valence-corrected chi connectivity index (χ1v) is 7.14. The van der Waals surface area contributed by atoms with Gasteiger partial charge >= 0.3 is 0 Å². The molecule has 2 N–H and O–H groups in total. The fourth-order valence-electron chi connectivity index (χ4n) is 2.04. The zero-order chi connectivity index (χ0) is 13.5. The molecule has 1 aromatic heterocycles. The summed E-state index contributed by atoms with van der Waals surface area (Å²) in [5.41, 5.74) is 2.75. The van der Waals surface area contributed by atoms with Crippen molar-refractivity contribution < 1.29 is 13.0 Å². The molecule has 0 amide bonds. The van der Waals surface area contributed by atoms with E-state index in [4.69, 9.17) is 4.55 Å². The summed E-state index contributed by atoms with van der Waals surface area (Å²) in [7, 11) is -4.16. The van der Waals surface area contributed by atoms with Crippen molar-refractivity contribution >= 4 is 50.6 Å². The van der Waals surface area contributed by atoms with Crippen LogP contribution < -0.4 is 0 Å². The normalized spacial score (nSPS) is 11.2. The van der Waals surface area contributed by atoms with Crippen LogP contribution in [0.2, 0.25) is 0 Å². The van der Waals surface area contributed by atoms with Crippen LogP contribution in [0.4, 0.5) is 0 Å². The molecule has 1 radical (unpaired) electrons. The van der Waals surface area contributed by atoms with Gasteiger partial charge in [-0.25, -0.2) is 0 Å². The third-order valence-electron chi connectivity index (χ3n) is 2.97. The van der Waals surface area contributed by atoms with E-state index in [0.29, 0.717) is 0 Å². The Kier molecular flexibility index (Phi) is 4.36. The van der Waals surface area contributed by atoms with Gasteiger partial charge in [0.2, 0.25) is 0 Å². The van der Waals surface area contributed by atoms with Gasteiger partial charge < -0.3 is 4.98 Å². The Balaban J connectivity index is 0.00000147. The van der Waals surface area contributed by atoms with Crippen LogP contribution in [-0.4, -0.2) is 47.5 Å². The first-order valence-electron chi connectivity index (χ1n) is 5.70. The molecule has 0 fully saturated rings. The Hall–Kier alpha value is -1.11. The first-order chi connectivity index (χ1) is 9.04. The second kappa shape index (κ2) is 5.71.